The van der Waals surface area contributed by atoms with Crippen LogP contribution in [0.5, 0.6) is 5.88 Å². The van der Waals surface area contributed by atoms with Gasteiger partial charge in [0.2, 0.25) is 11.8 Å². The van der Waals surface area contributed by atoms with Gasteiger partial charge >= 0.3 is 6.18 Å². The zero-order chi connectivity index (χ0) is 20.9. The summed E-state index contributed by atoms with van der Waals surface area (Å²) in [5, 5.41) is 8.77. The number of hydrogen-bond donors (Lipinski definition) is 0. The van der Waals surface area contributed by atoms with Gasteiger partial charge in [0.05, 0.1) is 0 Å². The third-order valence-corrected chi connectivity index (χ3v) is 6.13. The van der Waals surface area contributed by atoms with Crippen molar-refractivity contribution in [3.8, 4) is 5.88 Å². The lowest BCUT2D eigenvalue weighted by atomic mass is 10.1. The summed E-state index contributed by atoms with van der Waals surface area (Å²) >= 11 is 1.97. The molecule has 10 heteroatoms. The minimum atomic E-state index is -4.37. The van der Waals surface area contributed by atoms with E-state index >= 15 is 0 Å². The summed E-state index contributed by atoms with van der Waals surface area (Å²) in [7, 11) is 2.07. The number of thioether (sulfide) groups is 1. The summed E-state index contributed by atoms with van der Waals surface area (Å²) in [6.07, 6.45) is 1.01. The average Bonchev–Trinajstić information content (AvgIpc) is 3.14. The second-order valence-corrected chi connectivity index (χ2v) is 8.21. The van der Waals surface area contributed by atoms with E-state index in [0.29, 0.717) is 19.0 Å². The van der Waals surface area contributed by atoms with Gasteiger partial charge in [-0.1, -0.05) is 13.0 Å². The largest absolute Gasteiger partial charge is 0.468 e. The van der Waals surface area contributed by atoms with Crippen LogP contribution in [0.25, 0.3) is 0 Å². The van der Waals surface area contributed by atoms with Crippen LogP contribution in [0.3, 0.4) is 0 Å². The van der Waals surface area contributed by atoms with Gasteiger partial charge in [-0.15, -0.1) is 10.2 Å². The smallest absolute Gasteiger partial charge is 0.422 e. The van der Waals surface area contributed by atoms with Gasteiger partial charge < -0.3 is 9.64 Å². The summed E-state index contributed by atoms with van der Waals surface area (Å²) in [4.78, 5) is 6.21. The molecule has 1 unspecified atom stereocenters. The summed E-state index contributed by atoms with van der Waals surface area (Å²) < 4.78 is 43.5. The summed E-state index contributed by atoms with van der Waals surface area (Å²) in [5.41, 5.74) is 0.918. The quantitative estimate of drug-likeness (QED) is 0.637. The molecule has 1 fully saturated rings. The van der Waals surface area contributed by atoms with E-state index < -0.39 is 12.8 Å². The Morgan fingerprint density at radius 1 is 1.31 bits per heavy atom. The Morgan fingerprint density at radius 2 is 2.14 bits per heavy atom. The Morgan fingerprint density at radius 3 is 2.76 bits per heavy atom. The number of anilines is 1. The van der Waals surface area contributed by atoms with Crippen molar-refractivity contribution >= 4 is 17.7 Å². The predicted octanol–water partition coefficient (Wildman–Crippen LogP) is 3.75. The first-order chi connectivity index (χ1) is 13.9. The third-order valence-electron chi connectivity index (χ3n) is 4.93. The molecule has 2 aromatic heterocycles. The SMILES string of the molecule is CCc1nnc(N(C)C2CCCSC2)n1CCc1ccc(OCC(F)(F)F)nc1. The number of ether oxygens (including phenoxy) is 1. The zero-order valence-corrected chi connectivity index (χ0v) is 17.5. The number of rotatable bonds is 8. The molecule has 1 atom stereocenters. The fraction of sp³-hybridized carbons (Fsp3) is 0.632. The lowest BCUT2D eigenvalue weighted by molar-refractivity contribution is -0.154. The first kappa shape index (κ1) is 21.7. The Hall–Kier alpha value is -1.97. The van der Waals surface area contributed by atoms with Crippen molar-refractivity contribution in [2.45, 2.75) is 51.4 Å². The molecule has 0 aromatic carbocycles. The molecule has 0 saturated carbocycles. The molecule has 1 saturated heterocycles. The van der Waals surface area contributed by atoms with Gasteiger partial charge in [-0.3, -0.25) is 4.57 Å². The number of aromatic nitrogens is 4. The van der Waals surface area contributed by atoms with Gasteiger partial charge in [-0.2, -0.15) is 24.9 Å². The highest BCUT2D eigenvalue weighted by atomic mass is 32.2. The Balaban J connectivity index is 1.64. The molecule has 3 rings (SSSR count). The van der Waals surface area contributed by atoms with Gasteiger partial charge in [-0.05, 0) is 30.6 Å². The molecule has 1 aliphatic heterocycles. The fourth-order valence-corrected chi connectivity index (χ4v) is 4.51. The fourth-order valence-electron chi connectivity index (χ4n) is 3.31. The molecule has 0 bridgehead atoms. The number of aryl methyl sites for hydroxylation is 2. The van der Waals surface area contributed by atoms with Crippen LogP contribution in [0.15, 0.2) is 18.3 Å². The van der Waals surface area contributed by atoms with E-state index in [-0.39, 0.29) is 5.88 Å². The second kappa shape index (κ2) is 9.69. The Labute approximate surface area is 172 Å². The minimum absolute atomic E-state index is 0.0279. The van der Waals surface area contributed by atoms with Crippen molar-refractivity contribution in [2.75, 3.05) is 30.1 Å². The second-order valence-electron chi connectivity index (χ2n) is 7.06. The highest BCUT2D eigenvalue weighted by Gasteiger charge is 2.28. The van der Waals surface area contributed by atoms with Gasteiger partial charge in [0.15, 0.2) is 6.61 Å². The Kier molecular flexibility index (Phi) is 7.26. The first-order valence-electron chi connectivity index (χ1n) is 9.74. The van der Waals surface area contributed by atoms with Crippen LogP contribution in [0.1, 0.15) is 31.2 Å². The van der Waals surface area contributed by atoms with E-state index in [4.69, 9.17) is 0 Å². The lowest BCUT2D eigenvalue weighted by Crippen LogP contribution is -2.37. The monoisotopic (exact) mass is 429 g/mol. The van der Waals surface area contributed by atoms with E-state index in [1.165, 1.54) is 18.2 Å². The summed E-state index contributed by atoms with van der Waals surface area (Å²) in [5.74, 6) is 4.07. The maximum Gasteiger partial charge on any atom is 0.422 e. The van der Waals surface area contributed by atoms with Crippen molar-refractivity contribution in [3.05, 3.63) is 29.7 Å². The molecule has 0 N–H and O–H groups in total. The highest BCUT2D eigenvalue weighted by Crippen LogP contribution is 2.25. The van der Waals surface area contributed by atoms with E-state index in [1.54, 1.807) is 12.3 Å². The minimum Gasteiger partial charge on any atom is -0.468 e. The molecule has 29 heavy (non-hydrogen) atoms. The highest BCUT2D eigenvalue weighted by molar-refractivity contribution is 7.99. The van der Waals surface area contributed by atoms with Crippen LogP contribution in [-0.2, 0) is 19.4 Å². The van der Waals surface area contributed by atoms with Crippen molar-refractivity contribution in [1.82, 2.24) is 19.7 Å². The molecule has 3 heterocycles. The van der Waals surface area contributed by atoms with Crippen LogP contribution in [0, 0.1) is 0 Å². The van der Waals surface area contributed by atoms with Crippen LogP contribution in [0.4, 0.5) is 19.1 Å². The third kappa shape index (κ3) is 6.01. The number of nitrogens with zero attached hydrogens (tertiary/aromatic N) is 5. The molecule has 0 spiro atoms. The van der Waals surface area contributed by atoms with E-state index in [9.17, 15) is 13.2 Å². The standard InChI is InChI=1S/C19H26F3N5OS/c1-3-16-24-25-18(26(2)15-5-4-10-29-12-15)27(16)9-8-14-6-7-17(23-11-14)28-13-19(20,21)22/h6-7,11,15H,3-5,8-10,12-13H2,1-2H3. The van der Waals surface area contributed by atoms with Crippen LogP contribution in [0.2, 0.25) is 0 Å². The predicted molar refractivity (Wildman–Crippen MR) is 108 cm³/mol. The maximum absolute atomic E-state index is 12.2. The number of pyridine rings is 1. The summed E-state index contributed by atoms with van der Waals surface area (Å²) in [6, 6.07) is 3.67. The zero-order valence-electron chi connectivity index (χ0n) is 16.7. The molecule has 160 valence electrons. The van der Waals surface area contributed by atoms with Crippen LogP contribution in [-0.4, -0.2) is 57.1 Å². The molecule has 1 aliphatic rings. The molecule has 6 nitrogen and oxygen atoms in total. The summed E-state index contributed by atoms with van der Waals surface area (Å²) in [6.45, 7) is 1.39. The van der Waals surface area contributed by atoms with Gasteiger partial charge in [0.1, 0.15) is 5.82 Å². The topological polar surface area (TPSA) is 56.1 Å². The lowest BCUT2D eigenvalue weighted by Gasteiger charge is -2.31. The van der Waals surface area contributed by atoms with Crippen LogP contribution >= 0.6 is 11.8 Å². The van der Waals surface area contributed by atoms with Crippen molar-refractivity contribution in [3.63, 3.8) is 0 Å². The number of hydrogen-bond acceptors (Lipinski definition) is 6. The Bertz CT molecular complexity index is 775. The maximum atomic E-state index is 12.2. The molecular weight excluding hydrogens is 403 g/mol. The van der Waals surface area contributed by atoms with Gasteiger partial charge in [0, 0.05) is 44.1 Å². The van der Waals surface area contributed by atoms with Crippen molar-refractivity contribution < 1.29 is 17.9 Å². The molecule has 0 radical (unpaired) electrons. The van der Waals surface area contributed by atoms with Crippen molar-refractivity contribution in [1.29, 1.82) is 0 Å². The van der Waals surface area contributed by atoms with Crippen LogP contribution < -0.4 is 9.64 Å². The number of halogens is 3. The van der Waals surface area contributed by atoms with Gasteiger partial charge in [-0.25, -0.2) is 4.98 Å². The first-order valence-corrected chi connectivity index (χ1v) is 10.9. The molecular formula is C19H26F3N5OS. The molecule has 0 aliphatic carbocycles. The van der Waals surface area contributed by atoms with E-state index in [0.717, 1.165) is 35.9 Å². The van der Waals surface area contributed by atoms with Gasteiger partial charge in [0.25, 0.3) is 0 Å². The number of alkyl halides is 3. The molecule has 0 amide bonds. The van der Waals surface area contributed by atoms with E-state index in [1.807, 2.05) is 11.8 Å². The van der Waals surface area contributed by atoms with Crippen molar-refractivity contribution in [2.24, 2.45) is 0 Å². The average molecular weight is 430 g/mol. The molecule has 2 aromatic rings. The van der Waals surface area contributed by atoms with E-state index in [2.05, 4.69) is 43.4 Å². The normalized spacial score (nSPS) is 17.3.